The first-order chi connectivity index (χ1) is 9.74. The smallest absolute Gasteiger partial charge is 0.179 e. The third-order valence-corrected chi connectivity index (χ3v) is 3.17. The van der Waals surface area contributed by atoms with Crippen LogP contribution < -0.4 is 14.8 Å². The molecule has 6 heteroatoms. The van der Waals surface area contributed by atoms with Crippen molar-refractivity contribution in [3.05, 3.63) is 22.7 Å². The largest absolute Gasteiger partial charge is 0.493 e. The van der Waals surface area contributed by atoms with Gasteiger partial charge in [0.2, 0.25) is 0 Å². The van der Waals surface area contributed by atoms with E-state index in [1.807, 2.05) is 12.1 Å². The van der Waals surface area contributed by atoms with Gasteiger partial charge in [-0.1, -0.05) is 17.7 Å². The summed E-state index contributed by atoms with van der Waals surface area (Å²) in [5, 5.41) is 12.4. The minimum absolute atomic E-state index is 0.0642. The van der Waals surface area contributed by atoms with E-state index in [0.29, 0.717) is 36.3 Å². The van der Waals surface area contributed by atoms with Gasteiger partial charge in [-0.15, -0.1) is 0 Å². The van der Waals surface area contributed by atoms with Gasteiger partial charge in [-0.2, -0.15) is 0 Å². The summed E-state index contributed by atoms with van der Waals surface area (Å²) in [5.41, 5.74) is 0.959. The number of halogens is 1. The molecule has 0 fully saturated rings. The Morgan fingerprint density at radius 2 is 2.00 bits per heavy atom. The summed E-state index contributed by atoms with van der Waals surface area (Å²) in [6, 6.07) is 3.75. The van der Waals surface area contributed by atoms with Crippen molar-refractivity contribution in [3.8, 4) is 11.5 Å². The number of hydrogen-bond donors (Lipinski definition) is 2. The summed E-state index contributed by atoms with van der Waals surface area (Å²) in [6.45, 7) is 2.55. The molecule has 0 heterocycles. The number of benzene rings is 1. The lowest BCUT2D eigenvalue weighted by Crippen LogP contribution is -2.17. The molecule has 0 aliphatic heterocycles. The van der Waals surface area contributed by atoms with Crippen LogP contribution in [0, 0.1) is 0 Å². The van der Waals surface area contributed by atoms with Crippen LogP contribution in [0.1, 0.15) is 12.0 Å². The molecule has 0 saturated carbocycles. The fraction of sp³-hybridized carbons (Fsp3) is 0.571. The highest BCUT2D eigenvalue weighted by Gasteiger charge is 2.12. The van der Waals surface area contributed by atoms with Crippen LogP contribution in [0.4, 0.5) is 0 Å². The summed E-state index contributed by atoms with van der Waals surface area (Å²) in [7, 11) is 3.15. The fourth-order valence-electron chi connectivity index (χ4n) is 1.76. The molecule has 0 bridgehead atoms. The van der Waals surface area contributed by atoms with Crippen molar-refractivity contribution in [3.63, 3.8) is 0 Å². The number of ether oxygens (including phenoxy) is 3. The van der Waals surface area contributed by atoms with Crippen LogP contribution in [0.5, 0.6) is 11.5 Å². The zero-order chi connectivity index (χ0) is 14.8. The number of aliphatic hydroxyl groups excluding tert-OH is 1. The zero-order valence-electron chi connectivity index (χ0n) is 11.9. The summed E-state index contributed by atoms with van der Waals surface area (Å²) in [4.78, 5) is 0. The Labute approximate surface area is 124 Å². The van der Waals surface area contributed by atoms with Gasteiger partial charge in [0.1, 0.15) is 0 Å². The Morgan fingerprint density at radius 1 is 1.20 bits per heavy atom. The van der Waals surface area contributed by atoms with Crippen LogP contribution in [-0.4, -0.2) is 45.7 Å². The van der Waals surface area contributed by atoms with Gasteiger partial charge in [-0.05, 0) is 24.6 Å². The van der Waals surface area contributed by atoms with Crippen molar-refractivity contribution in [2.75, 3.05) is 40.6 Å². The van der Waals surface area contributed by atoms with Crippen LogP contribution in [0.25, 0.3) is 0 Å². The highest BCUT2D eigenvalue weighted by Crippen LogP contribution is 2.37. The second-order valence-corrected chi connectivity index (χ2v) is 4.52. The van der Waals surface area contributed by atoms with Crippen LogP contribution in [-0.2, 0) is 11.3 Å². The number of rotatable bonds is 10. The van der Waals surface area contributed by atoms with E-state index in [9.17, 15) is 0 Å². The molecule has 20 heavy (non-hydrogen) atoms. The van der Waals surface area contributed by atoms with Crippen molar-refractivity contribution in [2.24, 2.45) is 0 Å². The van der Waals surface area contributed by atoms with Crippen molar-refractivity contribution in [1.29, 1.82) is 0 Å². The molecule has 2 N–H and O–H groups in total. The number of hydrogen-bond acceptors (Lipinski definition) is 5. The summed E-state index contributed by atoms with van der Waals surface area (Å²) < 4.78 is 15.6. The number of nitrogens with one attached hydrogen (secondary N) is 1. The molecule has 0 amide bonds. The Bertz CT molecular complexity index is 401. The maximum absolute atomic E-state index is 8.56. The molecule has 0 aromatic heterocycles. The van der Waals surface area contributed by atoms with E-state index in [0.717, 1.165) is 18.5 Å². The van der Waals surface area contributed by atoms with E-state index in [4.69, 9.17) is 30.9 Å². The SMILES string of the molecule is COc1ccc(CNCCCOCCO)c(Cl)c1OC. The zero-order valence-corrected chi connectivity index (χ0v) is 12.7. The van der Waals surface area contributed by atoms with Crippen molar-refractivity contribution < 1.29 is 19.3 Å². The molecule has 0 saturated heterocycles. The molecule has 0 aliphatic carbocycles. The molecular formula is C14H22ClNO4. The molecule has 0 spiro atoms. The predicted molar refractivity (Wildman–Crippen MR) is 78.8 cm³/mol. The Hall–Kier alpha value is -1.01. The molecule has 0 unspecified atom stereocenters. The van der Waals surface area contributed by atoms with Gasteiger partial charge in [0.25, 0.3) is 0 Å². The normalized spacial score (nSPS) is 10.6. The van der Waals surface area contributed by atoms with Gasteiger partial charge in [-0.25, -0.2) is 0 Å². The standard InChI is InChI=1S/C14H22ClNO4/c1-18-12-5-4-11(13(15)14(12)19-2)10-16-6-3-8-20-9-7-17/h4-5,16-17H,3,6-10H2,1-2H3. The minimum Gasteiger partial charge on any atom is -0.493 e. The van der Waals surface area contributed by atoms with E-state index in [2.05, 4.69) is 5.32 Å². The maximum Gasteiger partial charge on any atom is 0.179 e. The van der Waals surface area contributed by atoms with E-state index >= 15 is 0 Å². The molecule has 0 aliphatic rings. The van der Waals surface area contributed by atoms with Crippen molar-refractivity contribution in [1.82, 2.24) is 5.32 Å². The van der Waals surface area contributed by atoms with E-state index in [1.54, 1.807) is 14.2 Å². The first-order valence-electron chi connectivity index (χ1n) is 6.53. The topological polar surface area (TPSA) is 60.0 Å². The average molecular weight is 304 g/mol. The van der Waals surface area contributed by atoms with Gasteiger partial charge in [-0.3, -0.25) is 0 Å². The summed E-state index contributed by atoms with van der Waals surface area (Å²) >= 11 is 6.28. The highest BCUT2D eigenvalue weighted by molar-refractivity contribution is 6.33. The molecule has 5 nitrogen and oxygen atoms in total. The summed E-state index contributed by atoms with van der Waals surface area (Å²) in [5.74, 6) is 1.18. The fourth-order valence-corrected chi connectivity index (χ4v) is 2.06. The lowest BCUT2D eigenvalue weighted by molar-refractivity contribution is 0.0907. The Balaban J connectivity index is 2.40. The van der Waals surface area contributed by atoms with Gasteiger partial charge >= 0.3 is 0 Å². The van der Waals surface area contributed by atoms with Crippen LogP contribution in [0.3, 0.4) is 0 Å². The molecule has 0 radical (unpaired) electrons. The molecular weight excluding hydrogens is 282 g/mol. The average Bonchev–Trinajstić information content (AvgIpc) is 2.47. The quantitative estimate of drug-likeness (QED) is 0.646. The minimum atomic E-state index is 0.0642. The van der Waals surface area contributed by atoms with Crippen molar-refractivity contribution >= 4 is 11.6 Å². The third-order valence-electron chi connectivity index (χ3n) is 2.76. The Kier molecular flexibility index (Phi) is 8.37. The lowest BCUT2D eigenvalue weighted by atomic mass is 10.2. The second kappa shape index (κ2) is 9.83. The van der Waals surface area contributed by atoms with Crippen molar-refractivity contribution in [2.45, 2.75) is 13.0 Å². The van der Waals surface area contributed by atoms with Gasteiger partial charge < -0.3 is 24.6 Å². The Morgan fingerprint density at radius 3 is 2.65 bits per heavy atom. The number of aliphatic hydroxyl groups is 1. The lowest BCUT2D eigenvalue weighted by Gasteiger charge is -2.13. The third kappa shape index (κ3) is 5.17. The maximum atomic E-state index is 8.56. The first-order valence-corrected chi connectivity index (χ1v) is 6.91. The van der Waals surface area contributed by atoms with Crippen LogP contribution in [0.2, 0.25) is 5.02 Å². The summed E-state index contributed by atoms with van der Waals surface area (Å²) in [6.07, 6.45) is 0.880. The van der Waals surface area contributed by atoms with Crippen LogP contribution in [0.15, 0.2) is 12.1 Å². The van der Waals surface area contributed by atoms with Gasteiger partial charge in [0.05, 0.1) is 32.5 Å². The van der Waals surface area contributed by atoms with E-state index < -0.39 is 0 Å². The van der Waals surface area contributed by atoms with E-state index in [1.165, 1.54) is 0 Å². The second-order valence-electron chi connectivity index (χ2n) is 4.14. The molecule has 1 rings (SSSR count). The predicted octanol–water partition coefficient (Wildman–Crippen LogP) is 1.85. The van der Waals surface area contributed by atoms with E-state index in [-0.39, 0.29) is 6.61 Å². The van der Waals surface area contributed by atoms with Crippen LogP contribution >= 0.6 is 11.6 Å². The van der Waals surface area contributed by atoms with Gasteiger partial charge in [0, 0.05) is 13.2 Å². The molecule has 1 aromatic carbocycles. The first kappa shape index (κ1) is 17.0. The van der Waals surface area contributed by atoms with Gasteiger partial charge in [0.15, 0.2) is 11.5 Å². The number of methoxy groups -OCH3 is 2. The highest BCUT2D eigenvalue weighted by atomic mass is 35.5. The molecule has 114 valence electrons. The monoisotopic (exact) mass is 303 g/mol. The molecule has 0 atom stereocenters. The molecule has 1 aromatic rings.